The highest BCUT2D eigenvalue weighted by Gasteiger charge is 2.45. The molecule has 5 N–H and O–H groups in total. The van der Waals surface area contributed by atoms with Gasteiger partial charge in [-0.05, 0) is 0 Å². The first kappa shape index (κ1) is 12.0. The Morgan fingerprint density at radius 3 is 2.44 bits per heavy atom. The first-order chi connectivity index (χ1) is 7.24. The van der Waals surface area contributed by atoms with Crippen LogP contribution < -0.4 is 15.8 Å². The second-order valence-corrected chi connectivity index (χ2v) is 4.44. The number of carbonyl (C=O) groups excluding carboxylic acids is 2. The zero-order chi connectivity index (χ0) is 12.5. The lowest BCUT2D eigenvalue weighted by atomic mass is 10.2. The van der Waals surface area contributed by atoms with Crippen LogP contribution in [0.2, 0.25) is 0 Å². The third kappa shape index (κ3) is 2.31. The molecule has 0 bridgehead atoms. The van der Waals surface area contributed by atoms with Crippen molar-refractivity contribution in [3.05, 3.63) is 0 Å². The minimum atomic E-state index is -4.31. The van der Waals surface area contributed by atoms with Gasteiger partial charge in [0.2, 0.25) is 0 Å². The van der Waals surface area contributed by atoms with Crippen LogP contribution in [0.4, 0.5) is 9.59 Å². The molecule has 1 atom stereocenters. The van der Waals surface area contributed by atoms with E-state index in [1.165, 1.54) is 4.72 Å². The lowest BCUT2D eigenvalue weighted by Crippen LogP contribution is -2.67. The largest absolute Gasteiger partial charge is 0.465 e. The monoisotopic (exact) mass is 252 g/mol. The maximum atomic E-state index is 11.2. The summed E-state index contributed by atoms with van der Waals surface area (Å²) in [5.74, 6) is -0.976. The number of nitrogens with two attached hydrogens (primary N) is 1. The lowest BCUT2D eigenvalue weighted by molar-refractivity contribution is -0.136. The predicted molar refractivity (Wildman–Crippen MR) is 48.3 cm³/mol. The first-order valence-electron chi connectivity index (χ1n) is 3.87. The average Bonchev–Trinajstić information content (AvgIpc) is 2.08. The summed E-state index contributed by atoms with van der Waals surface area (Å²) < 4.78 is 24.0. The fourth-order valence-electron chi connectivity index (χ4n) is 1.05. The summed E-state index contributed by atoms with van der Waals surface area (Å²) in [5.41, 5.74) is 4.58. The van der Waals surface area contributed by atoms with Crippen molar-refractivity contribution in [2.45, 2.75) is 6.04 Å². The van der Waals surface area contributed by atoms with Crippen LogP contribution in [0.3, 0.4) is 0 Å². The zero-order valence-electron chi connectivity index (χ0n) is 7.71. The number of rotatable bonds is 3. The Bertz CT molecular complexity index is 444. The van der Waals surface area contributed by atoms with Gasteiger partial charge in [-0.25, -0.2) is 18.6 Å². The van der Waals surface area contributed by atoms with Crippen molar-refractivity contribution in [3.63, 3.8) is 0 Å². The Labute approximate surface area is 89.6 Å². The number of primary amides is 1. The quantitative estimate of drug-likeness (QED) is 0.402. The average molecular weight is 252 g/mol. The Balaban J connectivity index is 2.65. The molecule has 90 valence electrons. The molecule has 1 aliphatic heterocycles. The van der Waals surface area contributed by atoms with Crippen molar-refractivity contribution in [3.8, 4) is 0 Å². The van der Waals surface area contributed by atoms with E-state index in [2.05, 4.69) is 5.73 Å². The van der Waals surface area contributed by atoms with E-state index < -0.39 is 34.3 Å². The standard InChI is InChI=1S/C5H8N4O6S/c6-4(11)8-16(14,15)9-1-2(3(9)10)7-5(12)13/h2,7H,1H2,(H,12,13)(H3,6,8,11)/t2-/m0/s1. The molecule has 0 radical (unpaired) electrons. The number of carbonyl (C=O) groups is 3. The first-order valence-corrected chi connectivity index (χ1v) is 5.31. The molecule has 10 nitrogen and oxygen atoms in total. The summed E-state index contributed by atoms with van der Waals surface area (Å²) in [6.45, 7) is -0.381. The molecule has 16 heavy (non-hydrogen) atoms. The van der Waals surface area contributed by atoms with Gasteiger partial charge >= 0.3 is 22.3 Å². The van der Waals surface area contributed by atoms with Crippen LogP contribution in [0.5, 0.6) is 0 Å². The third-order valence-corrected chi connectivity index (χ3v) is 3.08. The minimum absolute atomic E-state index is 0.304. The Morgan fingerprint density at radius 1 is 1.50 bits per heavy atom. The molecule has 0 aliphatic carbocycles. The molecular weight excluding hydrogens is 244 g/mol. The number of nitrogens with one attached hydrogen (secondary N) is 2. The Hall–Kier alpha value is -2.04. The Morgan fingerprint density at radius 2 is 2.06 bits per heavy atom. The van der Waals surface area contributed by atoms with Crippen LogP contribution in [0.25, 0.3) is 0 Å². The number of amides is 4. The number of hydrogen-bond acceptors (Lipinski definition) is 5. The highest BCUT2D eigenvalue weighted by atomic mass is 32.2. The molecule has 1 heterocycles. The molecule has 0 aromatic carbocycles. The van der Waals surface area contributed by atoms with Crippen LogP contribution in [-0.2, 0) is 15.0 Å². The summed E-state index contributed by atoms with van der Waals surface area (Å²) in [7, 11) is -4.31. The van der Waals surface area contributed by atoms with Gasteiger partial charge < -0.3 is 16.2 Å². The lowest BCUT2D eigenvalue weighted by Gasteiger charge is -2.36. The van der Waals surface area contributed by atoms with E-state index in [4.69, 9.17) is 5.11 Å². The Kier molecular flexibility index (Phi) is 2.89. The molecule has 0 aromatic rings. The number of urea groups is 1. The van der Waals surface area contributed by atoms with Gasteiger partial charge in [0.1, 0.15) is 6.04 Å². The number of nitrogens with zero attached hydrogens (tertiary/aromatic N) is 1. The molecule has 0 unspecified atom stereocenters. The van der Waals surface area contributed by atoms with Gasteiger partial charge in [0.15, 0.2) is 0 Å². The van der Waals surface area contributed by atoms with E-state index >= 15 is 0 Å². The van der Waals surface area contributed by atoms with Gasteiger partial charge in [-0.2, -0.15) is 8.42 Å². The van der Waals surface area contributed by atoms with E-state index in [9.17, 15) is 22.8 Å². The van der Waals surface area contributed by atoms with Gasteiger partial charge in [-0.15, -0.1) is 0 Å². The third-order valence-electron chi connectivity index (χ3n) is 1.71. The van der Waals surface area contributed by atoms with Crippen LogP contribution in [0.15, 0.2) is 0 Å². The molecule has 4 amide bonds. The number of β-lactam (4-membered cyclic amide) rings is 1. The van der Waals surface area contributed by atoms with Crippen molar-refractivity contribution in [1.29, 1.82) is 0 Å². The molecule has 11 heteroatoms. The van der Waals surface area contributed by atoms with Crippen LogP contribution in [0.1, 0.15) is 0 Å². The summed E-state index contributed by atoms with van der Waals surface area (Å²) in [5, 5.41) is 10.1. The number of carboxylic acid groups (broad SMARTS) is 1. The van der Waals surface area contributed by atoms with Gasteiger partial charge in [0, 0.05) is 0 Å². The van der Waals surface area contributed by atoms with Crippen LogP contribution in [-0.4, -0.2) is 48.4 Å². The summed E-state index contributed by atoms with van der Waals surface area (Å²) >= 11 is 0. The second-order valence-electron chi connectivity index (χ2n) is 2.84. The number of hydrogen-bond donors (Lipinski definition) is 4. The van der Waals surface area contributed by atoms with E-state index in [1.54, 1.807) is 5.32 Å². The van der Waals surface area contributed by atoms with Gasteiger partial charge in [-0.1, -0.05) is 0 Å². The van der Waals surface area contributed by atoms with Crippen molar-refractivity contribution in [1.82, 2.24) is 14.3 Å². The topological polar surface area (TPSA) is 159 Å². The molecule has 0 saturated carbocycles. The van der Waals surface area contributed by atoms with Gasteiger partial charge in [0.25, 0.3) is 5.91 Å². The van der Waals surface area contributed by atoms with Crippen LogP contribution in [0, 0.1) is 0 Å². The minimum Gasteiger partial charge on any atom is -0.465 e. The van der Waals surface area contributed by atoms with E-state index in [0.29, 0.717) is 4.31 Å². The molecule has 1 rings (SSSR count). The molecule has 1 saturated heterocycles. The summed E-state index contributed by atoms with van der Waals surface area (Å²) in [6, 6.07) is -2.45. The smallest absolute Gasteiger partial charge is 0.405 e. The van der Waals surface area contributed by atoms with E-state index in [-0.39, 0.29) is 6.54 Å². The zero-order valence-corrected chi connectivity index (χ0v) is 8.52. The van der Waals surface area contributed by atoms with Crippen molar-refractivity contribution < 1.29 is 27.9 Å². The molecule has 0 spiro atoms. The maximum Gasteiger partial charge on any atom is 0.405 e. The van der Waals surface area contributed by atoms with E-state index in [0.717, 1.165) is 0 Å². The van der Waals surface area contributed by atoms with Crippen LogP contribution >= 0.6 is 0 Å². The van der Waals surface area contributed by atoms with Crippen molar-refractivity contribution >= 4 is 28.2 Å². The fraction of sp³-hybridized carbons (Fsp3) is 0.400. The van der Waals surface area contributed by atoms with Gasteiger partial charge in [0.05, 0.1) is 6.54 Å². The highest BCUT2D eigenvalue weighted by Crippen LogP contribution is 2.13. The van der Waals surface area contributed by atoms with Gasteiger partial charge in [-0.3, -0.25) is 4.79 Å². The molecule has 1 aliphatic rings. The summed E-state index contributed by atoms with van der Waals surface area (Å²) in [6.07, 6.45) is -1.45. The molecular formula is C5H8N4O6S. The van der Waals surface area contributed by atoms with Crippen molar-refractivity contribution in [2.24, 2.45) is 5.73 Å². The SMILES string of the molecule is NC(=O)NS(=O)(=O)N1C[C@H](NC(=O)O)C1=O. The summed E-state index contributed by atoms with van der Waals surface area (Å²) in [4.78, 5) is 31.6. The fourth-order valence-corrected chi connectivity index (χ4v) is 2.12. The normalized spacial score (nSPS) is 19.9. The highest BCUT2D eigenvalue weighted by molar-refractivity contribution is 7.88. The molecule has 0 aromatic heterocycles. The van der Waals surface area contributed by atoms with Crippen molar-refractivity contribution in [2.75, 3.05) is 6.54 Å². The predicted octanol–water partition coefficient (Wildman–Crippen LogP) is -2.62. The maximum absolute atomic E-state index is 11.2. The second kappa shape index (κ2) is 3.84. The van der Waals surface area contributed by atoms with E-state index in [1.807, 2.05) is 0 Å². The molecule has 1 fully saturated rings.